The zero-order chi connectivity index (χ0) is 23.8. The number of rotatable bonds is 9. The van der Waals surface area contributed by atoms with Gasteiger partial charge in [-0.1, -0.05) is 60.7 Å². The summed E-state index contributed by atoms with van der Waals surface area (Å²) in [5, 5.41) is 2.94. The Kier molecular flexibility index (Phi) is 7.81. The molecule has 1 fully saturated rings. The number of hydrogen-bond donors (Lipinski definition) is 1. The van der Waals surface area contributed by atoms with Crippen molar-refractivity contribution in [2.24, 2.45) is 0 Å². The molecule has 6 heteroatoms. The van der Waals surface area contributed by atoms with Crippen molar-refractivity contribution in [1.29, 1.82) is 0 Å². The van der Waals surface area contributed by atoms with Gasteiger partial charge >= 0.3 is 0 Å². The molecular weight excluding hydrogens is 428 g/mol. The van der Waals surface area contributed by atoms with Crippen molar-refractivity contribution >= 4 is 11.8 Å². The number of ether oxygens (including phenoxy) is 2. The predicted molar refractivity (Wildman–Crippen MR) is 132 cm³/mol. The summed E-state index contributed by atoms with van der Waals surface area (Å²) in [4.78, 5) is 27.7. The molecule has 0 spiro atoms. The second-order valence-corrected chi connectivity index (χ2v) is 8.09. The highest BCUT2D eigenvalue weighted by atomic mass is 16.5. The number of hydrogen-bond acceptors (Lipinski definition) is 4. The molecule has 1 N–H and O–H groups in total. The lowest BCUT2D eigenvalue weighted by Crippen LogP contribution is -2.46. The van der Waals surface area contributed by atoms with Crippen LogP contribution in [0.15, 0.2) is 78.9 Å². The molecule has 34 heavy (non-hydrogen) atoms. The third kappa shape index (κ3) is 5.39. The van der Waals surface area contributed by atoms with Crippen LogP contribution in [0.4, 0.5) is 0 Å². The van der Waals surface area contributed by atoms with Gasteiger partial charge in [0.2, 0.25) is 5.91 Å². The topological polar surface area (TPSA) is 67.9 Å². The average Bonchev–Trinajstić information content (AvgIpc) is 3.38. The number of para-hydroxylation sites is 2. The lowest BCUT2D eigenvalue weighted by molar-refractivity contribution is -0.124. The SMILES string of the molecule is CCOc1ccccc1C(=O)N1CCCC1C(=O)NCCOc1ccccc1-c1ccccc1. The Morgan fingerprint density at radius 1 is 0.912 bits per heavy atom. The van der Waals surface area contributed by atoms with Crippen LogP contribution in [0.1, 0.15) is 30.1 Å². The number of carbonyl (C=O) groups excluding carboxylic acids is 2. The molecule has 4 rings (SSSR count). The highest BCUT2D eigenvalue weighted by Crippen LogP contribution is 2.29. The minimum absolute atomic E-state index is 0.153. The van der Waals surface area contributed by atoms with E-state index in [1.54, 1.807) is 17.0 Å². The van der Waals surface area contributed by atoms with Crippen molar-refractivity contribution in [3.05, 3.63) is 84.4 Å². The van der Waals surface area contributed by atoms with Gasteiger partial charge in [-0.15, -0.1) is 0 Å². The largest absolute Gasteiger partial charge is 0.493 e. The summed E-state index contributed by atoms with van der Waals surface area (Å²) in [5.74, 6) is 0.995. The van der Waals surface area contributed by atoms with Crippen LogP contribution in [0, 0.1) is 0 Å². The fourth-order valence-corrected chi connectivity index (χ4v) is 4.26. The monoisotopic (exact) mass is 458 g/mol. The summed E-state index contributed by atoms with van der Waals surface area (Å²) in [6, 6.07) is 24.6. The van der Waals surface area contributed by atoms with E-state index in [-0.39, 0.29) is 11.8 Å². The van der Waals surface area contributed by atoms with Gasteiger partial charge in [0.1, 0.15) is 24.1 Å². The molecule has 6 nitrogen and oxygen atoms in total. The van der Waals surface area contributed by atoms with Crippen LogP contribution in [-0.4, -0.2) is 49.1 Å². The lowest BCUT2D eigenvalue weighted by atomic mass is 10.1. The van der Waals surface area contributed by atoms with E-state index in [1.807, 2.05) is 73.7 Å². The number of amides is 2. The molecular formula is C28H30N2O4. The maximum atomic E-state index is 13.2. The van der Waals surface area contributed by atoms with E-state index < -0.39 is 6.04 Å². The zero-order valence-electron chi connectivity index (χ0n) is 19.4. The van der Waals surface area contributed by atoms with E-state index in [4.69, 9.17) is 9.47 Å². The van der Waals surface area contributed by atoms with E-state index in [0.29, 0.717) is 44.0 Å². The maximum Gasteiger partial charge on any atom is 0.258 e. The fraction of sp³-hybridized carbons (Fsp3) is 0.286. The van der Waals surface area contributed by atoms with Crippen LogP contribution in [0.5, 0.6) is 11.5 Å². The summed E-state index contributed by atoms with van der Waals surface area (Å²) in [7, 11) is 0. The van der Waals surface area contributed by atoms with Gasteiger partial charge in [-0.05, 0) is 43.5 Å². The molecule has 0 aromatic heterocycles. The van der Waals surface area contributed by atoms with Gasteiger partial charge in [0, 0.05) is 12.1 Å². The first kappa shape index (κ1) is 23.4. The van der Waals surface area contributed by atoms with Gasteiger partial charge in [-0.2, -0.15) is 0 Å². The minimum Gasteiger partial charge on any atom is -0.493 e. The normalized spacial score (nSPS) is 15.1. The Hall–Kier alpha value is -3.80. The van der Waals surface area contributed by atoms with Crippen LogP contribution < -0.4 is 14.8 Å². The molecule has 1 aliphatic rings. The third-order valence-corrected chi connectivity index (χ3v) is 5.86. The van der Waals surface area contributed by atoms with Gasteiger partial charge in [0.25, 0.3) is 5.91 Å². The summed E-state index contributed by atoms with van der Waals surface area (Å²) in [5.41, 5.74) is 2.58. The second-order valence-electron chi connectivity index (χ2n) is 8.09. The first-order chi connectivity index (χ1) is 16.7. The van der Waals surface area contributed by atoms with Crippen LogP contribution in [0.25, 0.3) is 11.1 Å². The van der Waals surface area contributed by atoms with Crippen LogP contribution in [0.2, 0.25) is 0 Å². The van der Waals surface area contributed by atoms with Crippen LogP contribution in [-0.2, 0) is 4.79 Å². The quantitative estimate of drug-likeness (QED) is 0.478. The zero-order valence-corrected chi connectivity index (χ0v) is 19.4. The number of nitrogens with one attached hydrogen (secondary N) is 1. The Labute approximate surface area is 200 Å². The van der Waals surface area contributed by atoms with E-state index >= 15 is 0 Å². The third-order valence-electron chi connectivity index (χ3n) is 5.86. The molecule has 1 aliphatic heterocycles. The standard InChI is InChI=1S/C28H30N2O4/c1-2-33-26-17-9-7-14-23(26)28(32)30-19-10-15-24(30)27(31)29-18-20-34-25-16-8-6-13-22(25)21-11-4-3-5-12-21/h3-9,11-14,16-17,24H,2,10,15,18-20H2,1H3,(H,29,31). The fourth-order valence-electron chi connectivity index (χ4n) is 4.26. The molecule has 3 aromatic carbocycles. The first-order valence-corrected chi connectivity index (χ1v) is 11.8. The predicted octanol–water partition coefficient (Wildman–Crippen LogP) is 4.55. The van der Waals surface area contributed by atoms with Crippen molar-refractivity contribution in [3.8, 4) is 22.6 Å². The molecule has 176 valence electrons. The van der Waals surface area contributed by atoms with Crippen molar-refractivity contribution in [1.82, 2.24) is 10.2 Å². The number of carbonyl (C=O) groups is 2. The van der Waals surface area contributed by atoms with Crippen molar-refractivity contribution < 1.29 is 19.1 Å². The van der Waals surface area contributed by atoms with Crippen molar-refractivity contribution in [2.45, 2.75) is 25.8 Å². The molecule has 1 saturated heterocycles. The molecule has 1 atom stereocenters. The Balaban J connectivity index is 1.34. The summed E-state index contributed by atoms with van der Waals surface area (Å²) in [6.07, 6.45) is 1.44. The van der Waals surface area contributed by atoms with E-state index in [9.17, 15) is 9.59 Å². The van der Waals surface area contributed by atoms with Gasteiger partial charge in [-0.3, -0.25) is 9.59 Å². The molecule has 2 amide bonds. The molecule has 0 saturated carbocycles. The van der Waals surface area contributed by atoms with Crippen molar-refractivity contribution in [2.75, 3.05) is 26.3 Å². The summed E-state index contributed by atoms with van der Waals surface area (Å²) < 4.78 is 11.6. The lowest BCUT2D eigenvalue weighted by Gasteiger charge is -2.25. The Morgan fingerprint density at radius 3 is 2.41 bits per heavy atom. The smallest absolute Gasteiger partial charge is 0.258 e. The van der Waals surface area contributed by atoms with E-state index in [2.05, 4.69) is 5.32 Å². The summed E-state index contributed by atoms with van der Waals surface area (Å²) >= 11 is 0. The Bertz CT molecular complexity index is 1120. The highest BCUT2D eigenvalue weighted by molar-refractivity contribution is 6.00. The van der Waals surface area contributed by atoms with Gasteiger partial charge in [-0.25, -0.2) is 0 Å². The van der Waals surface area contributed by atoms with E-state index in [0.717, 1.165) is 23.3 Å². The molecule has 1 unspecified atom stereocenters. The minimum atomic E-state index is -0.487. The number of benzene rings is 3. The van der Waals surface area contributed by atoms with E-state index in [1.165, 1.54) is 0 Å². The van der Waals surface area contributed by atoms with Crippen LogP contribution >= 0.6 is 0 Å². The van der Waals surface area contributed by atoms with Gasteiger partial charge < -0.3 is 19.7 Å². The molecule has 1 heterocycles. The van der Waals surface area contributed by atoms with Gasteiger partial charge in [0.15, 0.2) is 0 Å². The summed E-state index contributed by atoms with van der Waals surface area (Å²) in [6.45, 7) is 3.60. The molecule has 0 aliphatic carbocycles. The first-order valence-electron chi connectivity index (χ1n) is 11.8. The Morgan fingerprint density at radius 2 is 1.62 bits per heavy atom. The molecule has 0 radical (unpaired) electrons. The highest BCUT2D eigenvalue weighted by Gasteiger charge is 2.35. The number of nitrogens with zero attached hydrogens (tertiary/aromatic N) is 1. The van der Waals surface area contributed by atoms with Gasteiger partial charge in [0.05, 0.1) is 18.7 Å². The average molecular weight is 459 g/mol. The molecule has 0 bridgehead atoms. The second kappa shape index (κ2) is 11.4. The van der Waals surface area contributed by atoms with Crippen LogP contribution in [0.3, 0.4) is 0 Å². The molecule has 3 aromatic rings. The number of likely N-dealkylation sites (tertiary alicyclic amines) is 1. The maximum absolute atomic E-state index is 13.2. The van der Waals surface area contributed by atoms with Crippen molar-refractivity contribution in [3.63, 3.8) is 0 Å².